The molecule has 1 nitrogen and oxygen atoms in total. The molecule has 0 saturated carbocycles. The van der Waals surface area contributed by atoms with Crippen molar-refractivity contribution in [3.05, 3.63) is 53.3 Å². The molecule has 2 unspecified atom stereocenters. The third-order valence-corrected chi connectivity index (χ3v) is 4.38. The maximum Gasteiger partial charge on any atom is 0.106 e. The van der Waals surface area contributed by atoms with Crippen LogP contribution in [0.2, 0.25) is 0 Å². The first-order valence-electron chi connectivity index (χ1n) is 5.10. The predicted molar refractivity (Wildman–Crippen MR) is 63.4 cm³/mol. The SMILES string of the molecule is Cc1ccc2c(c1)SC1C(O)=CC=CC21. The molecule has 0 saturated heterocycles. The highest BCUT2D eigenvalue weighted by Crippen LogP contribution is 2.49. The first-order chi connectivity index (χ1) is 7.25. The highest BCUT2D eigenvalue weighted by atomic mass is 32.2. The Kier molecular flexibility index (Phi) is 1.93. The number of hydrogen-bond donors (Lipinski definition) is 1. The standard InChI is InChI=1S/C13H12OS/c1-8-5-6-9-10-3-2-4-11(14)13(10)15-12(9)7-8/h2-7,10,13-14H,1H3. The van der Waals surface area contributed by atoms with E-state index in [0.717, 1.165) is 0 Å². The fraction of sp³-hybridized carbons (Fsp3) is 0.231. The summed E-state index contributed by atoms with van der Waals surface area (Å²) < 4.78 is 0. The number of aryl methyl sites for hydroxylation is 1. The smallest absolute Gasteiger partial charge is 0.106 e. The normalized spacial score (nSPS) is 27.1. The number of rotatable bonds is 0. The number of aliphatic hydroxyl groups is 1. The van der Waals surface area contributed by atoms with Gasteiger partial charge in [-0.2, -0.15) is 0 Å². The first-order valence-corrected chi connectivity index (χ1v) is 5.98. The summed E-state index contributed by atoms with van der Waals surface area (Å²) in [4.78, 5) is 1.32. The summed E-state index contributed by atoms with van der Waals surface area (Å²) in [7, 11) is 0. The minimum Gasteiger partial charge on any atom is -0.511 e. The van der Waals surface area contributed by atoms with Crippen LogP contribution in [0.3, 0.4) is 0 Å². The fourth-order valence-electron chi connectivity index (χ4n) is 2.21. The second kappa shape index (κ2) is 3.17. The third kappa shape index (κ3) is 1.32. The summed E-state index contributed by atoms with van der Waals surface area (Å²) in [5.74, 6) is 0.858. The van der Waals surface area contributed by atoms with Crippen molar-refractivity contribution < 1.29 is 5.11 Å². The van der Waals surface area contributed by atoms with Crippen molar-refractivity contribution in [2.24, 2.45) is 0 Å². The van der Waals surface area contributed by atoms with E-state index in [9.17, 15) is 5.11 Å². The van der Waals surface area contributed by atoms with Crippen molar-refractivity contribution >= 4 is 11.8 Å². The predicted octanol–water partition coefficient (Wildman–Crippen LogP) is 3.56. The second-order valence-electron chi connectivity index (χ2n) is 4.08. The molecule has 1 aromatic carbocycles. The van der Waals surface area contributed by atoms with E-state index in [1.165, 1.54) is 16.0 Å². The molecule has 1 aliphatic heterocycles. The van der Waals surface area contributed by atoms with E-state index in [4.69, 9.17) is 0 Å². The van der Waals surface area contributed by atoms with Crippen LogP contribution >= 0.6 is 11.8 Å². The molecule has 1 aliphatic carbocycles. The van der Waals surface area contributed by atoms with Crippen molar-refractivity contribution in [1.82, 2.24) is 0 Å². The van der Waals surface area contributed by atoms with Crippen LogP contribution in [-0.2, 0) is 0 Å². The molecule has 2 heteroatoms. The van der Waals surface area contributed by atoms with Gasteiger partial charge in [-0.25, -0.2) is 0 Å². The van der Waals surface area contributed by atoms with Crippen molar-refractivity contribution in [3.63, 3.8) is 0 Å². The van der Waals surface area contributed by atoms with Gasteiger partial charge in [-0.1, -0.05) is 24.3 Å². The molecule has 1 heterocycles. The van der Waals surface area contributed by atoms with Gasteiger partial charge in [-0.15, -0.1) is 11.8 Å². The molecule has 0 fully saturated rings. The Morgan fingerprint density at radius 1 is 1.33 bits per heavy atom. The van der Waals surface area contributed by atoms with Gasteiger partial charge in [-0.3, -0.25) is 0 Å². The van der Waals surface area contributed by atoms with E-state index < -0.39 is 0 Å². The molecule has 15 heavy (non-hydrogen) atoms. The van der Waals surface area contributed by atoms with E-state index in [1.54, 1.807) is 17.8 Å². The van der Waals surface area contributed by atoms with Crippen LogP contribution in [-0.4, -0.2) is 10.4 Å². The van der Waals surface area contributed by atoms with E-state index in [-0.39, 0.29) is 5.25 Å². The third-order valence-electron chi connectivity index (χ3n) is 2.99. The monoisotopic (exact) mass is 216 g/mol. The van der Waals surface area contributed by atoms with Crippen LogP contribution in [0.25, 0.3) is 0 Å². The molecule has 0 bridgehead atoms. The maximum absolute atomic E-state index is 9.81. The molecule has 0 aromatic heterocycles. The maximum atomic E-state index is 9.81. The van der Waals surface area contributed by atoms with Crippen LogP contribution < -0.4 is 0 Å². The van der Waals surface area contributed by atoms with E-state index in [1.807, 2.05) is 6.08 Å². The minimum atomic E-state index is 0.201. The molecule has 1 N–H and O–H groups in total. The first kappa shape index (κ1) is 9.10. The van der Waals surface area contributed by atoms with Crippen LogP contribution in [0.4, 0.5) is 0 Å². The van der Waals surface area contributed by atoms with Crippen LogP contribution in [0, 0.1) is 6.92 Å². The van der Waals surface area contributed by atoms with Gasteiger partial charge in [0.25, 0.3) is 0 Å². The van der Waals surface area contributed by atoms with Gasteiger partial charge in [0.05, 0.1) is 5.25 Å². The highest BCUT2D eigenvalue weighted by molar-refractivity contribution is 8.00. The Hall–Kier alpha value is -1.15. The van der Waals surface area contributed by atoms with Crippen LogP contribution in [0.15, 0.2) is 47.1 Å². The average molecular weight is 216 g/mol. The van der Waals surface area contributed by atoms with Gasteiger partial charge in [0.1, 0.15) is 5.76 Å². The molecular weight excluding hydrogens is 204 g/mol. The summed E-state index contributed by atoms with van der Waals surface area (Å²) in [5.41, 5.74) is 2.64. The van der Waals surface area contributed by atoms with Crippen molar-refractivity contribution in [2.75, 3.05) is 0 Å². The van der Waals surface area contributed by atoms with Crippen LogP contribution in [0.5, 0.6) is 0 Å². The fourth-order valence-corrected chi connectivity index (χ4v) is 3.66. The van der Waals surface area contributed by atoms with E-state index >= 15 is 0 Å². The number of benzene rings is 1. The van der Waals surface area contributed by atoms with Crippen molar-refractivity contribution in [3.8, 4) is 0 Å². The largest absolute Gasteiger partial charge is 0.511 e. The Morgan fingerprint density at radius 2 is 2.20 bits per heavy atom. The molecule has 0 radical (unpaired) electrons. The van der Waals surface area contributed by atoms with Gasteiger partial charge in [0.15, 0.2) is 0 Å². The Bertz CT molecular complexity index is 473. The molecule has 0 amide bonds. The molecule has 0 spiro atoms. The van der Waals surface area contributed by atoms with E-state index in [2.05, 4.69) is 31.2 Å². The average Bonchev–Trinajstić information content (AvgIpc) is 2.57. The van der Waals surface area contributed by atoms with Crippen LogP contribution in [0.1, 0.15) is 17.0 Å². The Balaban J connectivity index is 2.10. The Labute approximate surface area is 93.5 Å². The Morgan fingerprint density at radius 3 is 3.07 bits per heavy atom. The van der Waals surface area contributed by atoms with Gasteiger partial charge in [0, 0.05) is 10.8 Å². The lowest BCUT2D eigenvalue weighted by atomic mass is 9.91. The zero-order valence-corrected chi connectivity index (χ0v) is 9.29. The topological polar surface area (TPSA) is 20.2 Å². The van der Waals surface area contributed by atoms with E-state index in [0.29, 0.717) is 11.7 Å². The highest BCUT2D eigenvalue weighted by Gasteiger charge is 2.35. The molecule has 3 rings (SSSR count). The number of thioether (sulfide) groups is 1. The van der Waals surface area contributed by atoms with Crippen molar-refractivity contribution in [1.29, 1.82) is 0 Å². The number of fused-ring (bicyclic) bond motifs is 3. The lowest BCUT2D eigenvalue weighted by molar-refractivity contribution is 0.386. The summed E-state index contributed by atoms with van der Waals surface area (Å²) in [6.45, 7) is 2.11. The quantitative estimate of drug-likeness (QED) is 0.715. The zero-order valence-electron chi connectivity index (χ0n) is 8.47. The molecule has 2 atom stereocenters. The lowest BCUT2D eigenvalue weighted by Gasteiger charge is -2.18. The summed E-state index contributed by atoms with van der Waals surface area (Å²) in [6.07, 6.45) is 5.93. The van der Waals surface area contributed by atoms with Gasteiger partial charge in [-0.05, 0) is 30.2 Å². The molecule has 76 valence electrons. The van der Waals surface area contributed by atoms with Gasteiger partial charge < -0.3 is 5.11 Å². The zero-order chi connectivity index (χ0) is 10.4. The minimum absolute atomic E-state index is 0.201. The lowest BCUT2D eigenvalue weighted by Crippen LogP contribution is -2.13. The summed E-state index contributed by atoms with van der Waals surface area (Å²) >= 11 is 1.77. The number of aliphatic hydroxyl groups excluding tert-OH is 1. The molecule has 1 aromatic rings. The summed E-state index contributed by atoms with van der Waals surface area (Å²) in [6, 6.07) is 6.54. The molecule has 2 aliphatic rings. The number of hydrogen-bond acceptors (Lipinski definition) is 2. The van der Waals surface area contributed by atoms with Crippen molar-refractivity contribution in [2.45, 2.75) is 23.0 Å². The summed E-state index contributed by atoms with van der Waals surface area (Å²) in [5, 5.41) is 10.0. The van der Waals surface area contributed by atoms with Gasteiger partial charge in [0.2, 0.25) is 0 Å². The van der Waals surface area contributed by atoms with Gasteiger partial charge >= 0.3 is 0 Å². The molecular formula is C13H12OS. The second-order valence-corrected chi connectivity index (χ2v) is 5.27. The number of allylic oxidation sites excluding steroid dienone is 3.